The highest BCUT2D eigenvalue weighted by atomic mass is 16.5. The molecule has 1 fully saturated rings. The Hall–Kier alpha value is -2.77. The molecule has 2 aliphatic rings. The van der Waals surface area contributed by atoms with Crippen LogP contribution in [0.2, 0.25) is 0 Å². The molecule has 24 heavy (non-hydrogen) atoms. The van der Waals surface area contributed by atoms with E-state index in [1.54, 1.807) is 0 Å². The van der Waals surface area contributed by atoms with E-state index in [-0.39, 0.29) is 12.1 Å². The van der Waals surface area contributed by atoms with Crippen LogP contribution in [0.25, 0.3) is 0 Å². The lowest BCUT2D eigenvalue weighted by molar-refractivity contribution is 0.287. The fourth-order valence-electron chi connectivity index (χ4n) is 3.58. The van der Waals surface area contributed by atoms with Crippen molar-refractivity contribution in [2.75, 3.05) is 6.54 Å². The van der Waals surface area contributed by atoms with Gasteiger partial charge in [0, 0.05) is 24.6 Å². The lowest BCUT2D eigenvalue weighted by Crippen LogP contribution is -2.48. The van der Waals surface area contributed by atoms with Gasteiger partial charge in [0.1, 0.15) is 11.5 Å². The van der Waals surface area contributed by atoms with Gasteiger partial charge >= 0.3 is 0 Å². The molecule has 2 aromatic carbocycles. The molecule has 0 aromatic heterocycles. The summed E-state index contributed by atoms with van der Waals surface area (Å²) < 4.78 is 6.10. The normalized spacial score (nSPS) is 25.1. The molecule has 4 heteroatoms. The van der Waals surface area contributed by atoms with Crippen molar-refractivity contribution in [1.29, 1.82) is 5.26 Å². The molecule has 0 saturated carbocycles. The van der Waals surface area contributed by atoms with Crippen LogP contribution in [0.3, 0.4) is 0 Å². The fourth-order valence-corrected chi connectivity index (χ4v) is 3.58. The number of nitriles is 1. The fraction of sp³-hybridized carbons (Fsp3) is 0.250. The number of hydrogen-bond donors (Lipinski definition) is 2. The van der Waals surface area contributed by atoms with Crippen LogP contribution in [0.15, 0.2) is 66.4 Å². The number of rotatable bonds is 3. The molecule has 2 heterocycles. The van der Waals surface area contributed by atoms with Crippen LogP contribution in [0.4, 0.5) is 0 Å². The highest BCUT2D eigenvalue weighted by Crippen LogP contribution is 2.39. The zero-order valence-electron chi connectivity index (χ0n) is 13.3. The molecule has 0 radical (unpaired) electrons. The van der Waals surface area contributed by atoms with Crippen LogP contribution in [-0.2, 0) is 0 Å². The van der Waals surface area contributed by atoms with E-state index < -0.39 is 0 Å². The third-order valence-corrected chi connectivity index (χ3v) is 4.80. The number of ether oxygens (including phenoxy) is 1. The van der Waals surface area contributed by atoms with Crippen molar-refractivity contribution in [1.82, 2.24) is 10.6 Å². The Balaban J connectivity index is 1.58. The molecule has 0 amide bonds. The number of nitrogens with one attached hydrogen (secondary N) is 2. The SMILES string of the molecule is N#CC1=CNC2NCC(c3ccccc3Oc3ccccc3)CC12. The first-order valence-corrected chi connectivity index (χ1v) is 8.26. The average molecular weight is 317 g/mol. The first kappa shape index (κ1) is 14.8. The minimum atomic E-state index is 0.179. The summed E-state index contributed by atoms with van der Waals surface area (Å²) in [5, 5.41) is 16.1. The summed E-state index contributed by atoms with van der Waals surface area (Å²) in [4.78, 5) is 0. The first-order chi connectivity index (χ1) is 11.8. The topological polar surface area (TPSA) is 57.1 Å². The maximum Gasteiger partial charge on any atom is 0.130 e. The molecule has 2 aliphatic heterocycles. The molecule has 0 bridgehead atoms. The van der Waals surface area contributed by atoms with E-state index in [1.807, 2.05) is 54.7 Å². The van der Waals surface area contributed by atoms with Crippen LogP contribution in [0.5, 0.6) is 11.5 Å². The second kappa shape index (κ2) is 6.38. The summed E-state index contributed by atoms with van der Waals surface area (Å²) >= 11 is 0. The molecule has 3 unspecified atom stereocenters. The van der Waals surface area contributed by atoms with Crippen molar-refractivity contribution in [3.8, 4) is 17.6 Å². The Labute approximate surface area is 141 Å². The van der Waals surface area contributed by atoms with Crippen molar-refractivity contribution in [2.24, 2.45) is 5.92 Å². The lowest BCUT2D eigenvalue weighted by atomic mass is 9.81. The average Bonchev–Trinajstić information content (AvgIpc) is 3.05. The van der Waals surface area contributed by atoms with E-state index in [4.69, 9.17) is 4.74 Å². The van der Waals surface area contributed by atoms with Crippen molar-refractivity contribution >= 4 is 0 Å². The maximum absolute atomic E-state index is 9.30. The molecule has 2 N–H and O–H groups in total. The van der Waals surface area contributed by atoms with E-state index in [0.717, 1.165) is 30.0 Å². The van der Waals surface area contributed by atoms with Crippen molar-refractivity contribution < 1.29 is 4.74 Å². The summed E-state index contributed by atoms with van der Waals surface area (Å²) in [5.74, 6) is 2.27. The third kappa shape index (κ3) is 2.75. The Morgan fingerprint density at radius 1 is 1.04 bits per heavy atom. The van der Waals surface area contributed by atoms with Crippen LogP contribution in [-0.4, -0.2) is 12.7 Å². The van der Waals surface area contributed by atoms with Crippen LogP contribution in [0, 0.1) is 17.2 Å². The van der Waals surface area contributed by atoms with Crippen molar-refractivity contribution in [3.05, 3.63) is 71.9 Å². The van der Waals surface area contributed by atoms with Gasteiger partial charge < -0.3 is 10.1 Å². The van der Waals surface area contributed by atoms with Gasteiger partial charge in [0.25, 0.3) is 0 Å². The van der Waals surface area contributed by atoms with Crippen molar-refractivity contribution in [2.45, 2.75) is 18.5 Å². The van der Waals surface area contributed by atoms with Gasteiger partial charge in [-0.3, -0.25) is 5.32 Å². The predicted octanol–water partition coefficient (Wildman–Crippen LogP) is 3.51. The van der Waals surface area contributed by atoms with E-state index in [1.165, 1.54) is 5.56 Å². The number of piperidine rings is 1. The van der Waals surface area contributed by atoms with Gasteiger partial charge in [-0.2, -0.15) is 5.26 Å². The second-order valence-corrected chi connectivity index (χ2v) is 6.26. The Kier molecular flexibility index (Phi) is 3.94. The molecule has 120 valence electrons. The standard InChI is InChI=1S/C20H19N3O/c21-11-15-13-23-20-18(15)10-14(12-22-20)17-8-4-5-9-19(17)24-16-6-2-1-3-7-16/h1-9,13-14,18,20,22-23H,10,12H2. The van der Waals surface area contributed by atoms with Gasteiger partial charge in [-0.15, -0.1) is 0 Å². The summed E-state index contributed by atoms with van der Waals surface area (Å²) in [6.45, 7) is 0.871. The van der Waals surface area contributed by atoms with E-state index in [9.17, 15) is 5.26 Å². The van der Waals surface area contributed by atoms with Gasteiger partial charge in [-0.25, -0.2) is 0 Å². The number of benzene rings is 2. The molecule has 2 aromatic rings. The van der Waals surface area contributed by atoms with Gasteiger partial charge in [-0.1, -0.05) is 36.4 Å². The Morgan fingerprint density at radius 2 is 1.83 bits per heavy atom. The zero-order chi connectivity index (χ0) is 16.4. The van der Waals surface area contributed by atoms with Crippen LogP contribution in [0.1, 0.15) is 17.9 Å². The van der Waals surface area contributed by atoms with Gasteiger partial charge in [-0.05, 0) is 30.2 Å². The molecular weight excluding hydrogens is 298 g/mol. The van der Waals surface area contributed by atoms with E-state index >= 15 is 0 Å². The lowest BCUT2D eigenvalue weighted by Gasteiger charge is -2.34. The molecule has 4 rings (SSSR count). The Morgan fingerprint density at radius 3 is 2.67 bits per heavy atom. The summed E-state index contributed by atoms with van der Waals surface area (Å²) in [5.41, 5.74) is 2.02. The highest BCUT2D eigenvalue weighted by molar-refractivity contribution is 5.41. The quantitative estimate of drug-likeness (QED) is 0.909. The maximum atomic E-state index is 9.30. The van der Waals surface area contributed by atoms with Gasteiger partial charge in [0.15, 0.2) is 0 Å². The largest absolute Gasteiger partial charge is 0.457 e. The van der Waals surface area contributed by atoms with E-state index in [0.29, 0.717) is 5.92 Å². The second-order valence-electron chi connectivity index (χ2n) is 6.26. The molecular formula is C20H19N3O. The number of nitrogens with zero attached hydrogens (tertiary/aromatic N) is 1. The summed E-state index contributed by atoms with van der Waals surface area (Å²) in [6.07, 6.45) is 2.97. The summed E-state index contributed by atoms with van der Waals surface area (Å²) in [6, 6.07) is 20.4. The molecule has 0 spiro atoms. The van der Waals surface area contributed by atoms with E-state index in [2.05, 4.69) is 22.8 Å². The van der Waals surface area contributed by atoms with Crippen LogP contribution < -0.4 is 15.4 Å². The molecule has 0 aliphatic carbocycles. The Bertz CT molecular complexity index is 794. The molecule has 4 nitrogen and oxygen atoms in total. The van der Waals surface area contributed by atoms with Gasteiger partial charge in [0.2, 0.25) is 0 Å². The minimum absolute atomic E-state index is 0.179. The number of fused-ring (bicyclic) bond motifs is 1. The first-order valence-electron chi connectivity index (χ1n) is 8.26. The zero-order valence-corrected chi connectivity index (χ0v) is 13.3. The molecule has 1 saturated heterocycles. The smallest absolute Gasteiger partial charge is 0.130 e. The third-order valence-electron chi connectivity index (χ3n) is 4.80. The minimum Gasteiger partial charge on any atom is -0.457 e. The van der Waals surface area contributed by atoms with Crippen molar-refractivity contribution in [3.63, 3.8) is 0 Å². The predicted molar refractivity (Wildman–Crippen MR) is 92.4 cm³/mol. The van der Waals surface area contributed by atoms with Crippen LogP contribution >= 0.6 is 0 Å². The molecule has 3 atom stereocenters. The number of hydrogen-bond acceptors (Lipinski definition) is 4. The number of para-hydroxylation sites is 2. The van der Waals surface area contributed by atoms with Gasteiger partial charge in [0.05, 0.1) is 17.8 Å². The highest BCUT2D eigenvalue weighted by Gasteiger charge is 2.37. The monoisotopic (exact) mass is 317 g/mol. The summed E-state index contributed by atoms with van der Waals surface area (Å²) in [7, 11) is 0.